The van der Waals surface area contributed by atoms with Crippen molar-refractivity contribution in [1.29, 1.82) is 0 Å². The third-order valence-corrected chi connectivity index (χ3v) is 7.36. The molecule has 2 unspecified atom stereocenters. The standard InChI is InChI=1S/C33H40N2O7/c1-20(2)31(37)41-16-15-40-26-12-11-23(17-27(26)39-6)25(36)13-14-33(5,38)28-18-24-30(42-19-32(24,4)34)29(35-28)22-9-7-21(3)8-10-22/h7-12,17-18,20,38H,13-16,19,34H2,1-6H3. The van der Waals surface area contributed by atoms with Crippen LogP contribution in [0, 0.1) is 12.8 Å². The molecule has 9 nitrogen and oxygen atoms in total. The lowest BCUT2D eigenvalue weighted by Crippen LogP contribution is -2.35. The Morgan fingerprint density at radius 2 is 1.83 bits per heavy atom. The van der Waals surface area contributed by atoms with E-state index in [1.54, 1.807) is 45.0 Å². The van der Waals surface area contributed by atoms with E-state index >= 15 is 0 Å². The number of benzene rings is 2. The fraction of sp³-hybridized carbons (Fsp3) is 0.424. The van der Waals surface area contributed by atoms with Gasteiger partial charge in [-0.15, -0.1) is 0 Å². The zero-order valence-corrected chi connectivity index (χ0v) is 25.2. The van der Waals surface area contributed by atoms with Crippen LogP contribution in [0.4, 0.5) is 0 Å². The highest BCUT2D eigenvalue weighted by atomic mass is 16.6. The number of hydrogen-bond donors (Lipinski definition) is 2. The topological polar surface area (TPSA) is 130 Å². The Morgan fingerprint density at radius 1 is 1.12 bits per heavy atom. The molecule has 0 saturated heterocycles. The molecule has 0 fully saturated rings. The summed E-state index contributed by atoms with van der Waals surface area (Å²) in [4.78, 5) is 29.6. The Balaban J connectivity index is 1.49. The number of hydrogen-bond acceptors (Lipinski definition) is 9. The number of nitrogens with zero attached hydrogens (tertiary/aromatic N) is 1. The molecule has 224 valence electrons. The highest BCUT2D eigenvalue weighted by Gasteiger charge is 2.38. The van der Waals surface area contributed by atoms with Crippen molar-refractivity contribution in [2.24, 2.45) is 11.7 Å². The molecule has 3 aromatic rings. The fourth-order valence-electron chi connectivity index (χ4n) is 4.64. The van der Waals surface area contributed by atoms with E-state index < -0.39 is 11.1 Å². The smallest absolute Gasteiger partial charge is 0.308 e. The van der Waals surface area contributed by atoms with Crippen molar-refractivity contribution in [2.75, 3.05) is 26.9 Å². The third-order valence-electron chi connectivity index (χ3n) is 7.36. The zero-order valence-electron chi connectivity index (χ0n) is 25.2. The summed E-state index contributed by atoms with van der Waals surface area (Å²) in [5.74, 6) is 0.751. The molecule has 2 aromatic carbocycles. The normalized spacial score (nSPS) is 17.3. The van der Waals surface area contributed by atoms with Gasteiger partial charge in [0.1, 0.15) is 31.1 Å². The van der Waals surface area contributed by atoms with E-state index in [0.29, 0.717) is 40.8 Å². The van der Waals surface area contributed by atoms with Crippen LogP contribution >= 0.6 is 0 Å². The summed E-state index contributed by atoms with van der Waals surface area (Å²) >= 11 is 0. The van der Waals surface area contributed by atoms with Gasteiger partial charge in [0.25, 0.3) is 0 Å². The number of methoxy groups -OCH3 is 1. The van der Waals surface area contributed by atoms with E-state index in [9.17, 15) is 14.7 Å². The first-order chi connectivity index (χ1) is 19.8. The first-order valence-electron chi connectivity index (χ1n) is 14.1. The van der Waals surface area contributed by atoms with Crippen LogP contribution in [-0.4, -0.2) is 48.8 Å². The van der Waals surface area contributed by atoms with Crippen molar-refractivity contribution in [3.05, 3.63) is 70.9 Å². The Kier molecular flexibility index (Phi) is 9.23. The minimum absolute atomic E-state index is 0.0660. The van der Waals surface area contributed by atoms with Crippen LogP contribution in [0.5, 0.6) is 17.2 Å². The summed E-state index contributed by atoms with van der Waals surface area (Å²) in [5.41, 5.74) is 8.59. The van der Waals surface area contributed by atoms with E-state index in [1.807, 2.05) is 38.1 Å². The van der Waals surface area contributed by atoms with Crippen molar-refractivity contribution in [1.82, 2.24) is 4.98 Å². The molecule has 0 amide bonds. The lowest BCUT2D eigenvalue weighted by atomic mass is 9.88. The number of ketones is 1. The number of aromatic nitrogens is 1. The van der Waals surface area contributed by atoms with Crippen LogP contribution in [0.1, 0.15) is 67.7 Å². The lowest BCUT2D eigenvalue weighted by Gasteiger charge is -2.25. The number of nitrogens with two attached hydrogens (primary N) is 1. The Labute approximate surface area is 247 Å². The monoisotopic (exact) mass is 576 g/mol. The van der Waals surface area contributed by atoms with E-state index in [1.165, 1.54) is 7.11 Å². The maximum Gasteiger partial charge on any atom is 0.308 e. The summed E-state index contributed by atoms with van der Waals surface area (Å²) in [7, 11) is 1.49. The molecular formula is C33H40N2O7. The first-order valence-corrected chi connectivity index (χ1v) is 14.1. The van der Waals surface area contributed by atoms with E-state index in [2.05, 4.69) is 0 Å². The second kappa shape index (κ2) is 12.5. The fourth-order valence-corrected chi connectivity index (χ4v) is 4.64. The van der Waals surface area contributed by atoms with Crippen LogP contribution in [0.15, 0.2) is 48.5 Å². The summed E-state index contributed by atoms with van der Waals surface area (Å²) in [6, 6.07) is 14.6. The summed E-state index contributed by atoms with van der Waals surface area (Å²) in [6.45, 7) is 9.63. The number of carbonyl (C=O) groups excluding carboxylic acids is 2. The first kappa shape index (κ1) is 31.0. The van der Waals surface area contributed by atoms with Gasteiger partial charge in [0.15, 0.2) is 23.0 Å². The summed E-state index contributed by atoms with van der Waals surface area (Å²) < 4.78 is 22.2. The molecule has 42 heavy (non-hydrogen) atoms. The van der Waals surface area contributed by atoms with Crippen LogP contribution in [0.2, 0.25) is 0 Å². The predicted molar refractivity (Wildman–Crippen MR) is 159 cm³/mol. The van der Waals surface area contributed by atoms with Gasteiger partial charge < -0.3 is 29.8 Å². The largest absolute Gasteiger partial charge is 0.493 e. The van der Waals surface area contributed by atoms with Gasteiger partial charge in [-0.3, -0.25) is 9.59 Å². The Morgan fingerprint density at radius 3 is 2.50 bits per heavy atom. The molecule has 3 N–H and O–H groups in total. The number of carbonyl (C=O) groups is 2. The highest BCUT2D eigenvalue weighted by molar-refractivity contribution is 5.96. The molecule has 0 saturated carbocycles. The molecule has 2 atom stereocenters. The number of aliphatic hydroxyl groups is 1. The third kappa shape index (κ3) is 6.91. The van der Waals surface area contributed by atoms with Crippen molar-refractivity contribution in [3.8, 4) is 28.5 Å². The Hall–Kier alpha value is -3.95. The van der Waals surface area contributed by atoms with Crippen LogP contribution in [0.25, 0.3) is 11.3 Å². The van der Waals surface area contributed by atoms with Gasteiger partial charge in [0, 0.05) is 23.1 Å². The second-order valence-corrected chi connectivity index (χ2v) is 11.5. The van der Waals surface area contributed by atoms with Crippen molar-refractivity contribution >= 4 is 11.8 Å². The molecule has 0 aliphatic carbocycles. The van der Waals surface area contributed by atoms with Gasteiger partial charge in [-0.05, 0) is 51.5 Å². The SMILES string of the molecule is COc1cc(C(=O)CCC(C)(O)c2cc3c(c(-c4ccc(C)cc4)n2)OCC3(C)N)ccc1OCCOC(=O)C(C)C. The molecule has 0 radical (unpaired) electrons. The van der Waals surface area contributed by atoms with Gasteiger partial charge in [-0.25, -0.2) is 4.98 Å². The molecule has 2 heterocycles. The minimum atomic E-state index is -1.41. The highest BCUT2D eigenvalue weighted by Crippen LogP contribution is 2.44. The molecular weight excluding hydrogens is 536 g/mol. The van der Waals surface area contributed by atoms with E-state index in [-0.39, 0.29) is 43.7 Å². The van der Waals surface area contributed by atoms with Gasteiger partial charge >= 0.3 is 5.97 Å². The summed E-state index contributed by atoms with van der Waals surface area (Å²) in [5, 5.41) is 11.6. The molecule has 0 bridgehead atoms. The molecule has 1 aromatic heterocycles. The van der Waals surface area contributed by atoms with E-state index in [4.69, 9.17) is 29.7 Å². The number of Topliss-reactive ketones (excluding diaryl/α,β-unsaturated/α-hetero) is 1. The second-order valence-electron chi connectivity index (χ2n) is 11.5. The summed E-state index contributed by atoms with van der Waals surface area (Å²) in [6.07, 6.45) is 0.200. The number of fused-ring (bicyclic) bond motifs is 1. The molecule has 9 heteroatoms. The molecule has 0 spiro atoms. The molecule has 1 aliphatic heterocycles. The lowest BCUT2D eigenvalue weighted by molar-refractivity contribution is -0.148. The maximum absolute atomic E-state index is 13.2. The van der Waals surface area contributed by atoms with Crippen molar-refractivity contribution in [2.45, 2.75) is 58.6 Å². The quantitative estimate of drug-likeness (QED) is 0.172. The van der Waals surface area contributed by atoms with Gasteiger partial charge in [0.05, 0.1) is 24.3 Å². The van der Waals surface area contributed by atoms with Crippen molar-refractivity contribution in [3.63, 3.8) is 0 Å². The van der Waals surface area contributed by atoms with Crippen molar-refractivity contribution < 1.29 is 33.6 Å². The number of rotatable bonds is 12. The number of pyridine rings is 1. The van der Waals surface area contributed by atoms with Gasteiger partial charge in [-0.1, -0.05) is 43.7 Å². The van der Waals surface area contributed by atoms with Gasteiger partial charge in [0.2, 0.25) is 0 Å². The maximum atomic E-state index is 13.2. The average molecular weight is 577 g/mol. The van der Waals surface area contributed by atoms with Crippen LogP contribution in [-0.2, 0) is 20.7 Å². The van der Waals surface area contributed by atoms with Gasteiger partial charge in [-0.2, -0.15) is 0 Å². The Bertz CT molecular complexity index is 1450. The molecule has 4 rings (SSSR count). The predicted octanol–water partition coefficient (Wildman–Crippen LogP) is 5.08. The van der Waals surface area contributed by atoms with E-state index in [0.717, 1.165) is 16.7 Å². The number of aryl methyl sites for hydroxylation is 1. The molecule has 1 aliphatic rings. The number of esters is 1. The van der Waals surface area contributed by atoms with Crippen LogP contribution in [0.3, 0.4) is 0 Å². The zero-order chi connectivity index (χ0) is 30.7. The minimum Gasteiger partial charge on any atom is -0.493 e. The number of ether oxygens (including phenoxy) is 4. The van der Waals surface area contributed by atoms with Crippen LogP contribution < -0.4 is 19.9 Å². The average Bonchev–Trinajstić information content (AvgIpc) is 3.28.